The molecule has 114 valence electrons. The number of hydrogen-bond acceptors (Lipinski definition) is 3. The van der Waals surface area contributed by atoms with Crippen LogP contribution in [0.5, 0.6) is 0 Å². The molecule has 0 aliphatic carbocycles. The van der Waals surface area contributed by atoms with E-state index >= 15 is 0 Å². The molecule has 2 heterocycles. The zero-order valence-electron chi connectivity index (χ0n) is 12.7. The number of piperidine rings is 1. The number of amides is 1. The van der Waals surface area contributed by atoms with Crippen molar-refractivity contribution < 1.29 is 4.79 Å². The Balaban J connectivity index is 1.68. The minimum Gasteiger partial charge on any atom is -0.341 e. The van der Waals surface area contributed by atoms with Crippen LogP contribution in [-0.2, 0) is 4.79 Å². The molecule has 21 heavy (non-hydrogen) atoms. The minimum absolute atomic E-state index is 0.0507. The predicted octanol–water partition coefficient (Wildman–Crippen LogP) is 2.87. The molecule has 0 saturated carbocycles. The fourth-order valence-corrected chi connectivity index (χ4v) is 4.53. The van der Waals surface area contributed by atoms with Crippen molar-refractivity contribution in [3.63, 3.8) is 0 Å². The average Bonchev–Trinajstić information content (AvgIpc) is 2.97. The third-order valence-electron chi connectivity index (χ3n) is 4.54. The quantitative estimate of drug-likeness (QED) is 0.928. The lowest BCUT2D eigenvalue weighted by molar-refractivity contribution is -0.132. The highest BCUT2D eigenvalue weighted by atomic mass is 32.2. The Labute approximate surface area is 131 Å². The van der Waals surface area contributed by atoms with Gasteiger partial charge in [-0.2, -0.15) is 0 Å². The van der Waals surface area contributed by atoms with Crippen molar-refractivity contribution in [3.8, 4) is 0 Å². The van der Waals surface area contributed by atoms with Gasteiger partial charge in [-0.05, 0) is 37.9 Å². The fraction of sp³-hybridized carbons (Fsp3) is 0.588. The number of nitrogens with zero attached hydrogens (tertiary/aromatic N) is 1. The molecule has 2 unspecified atom stereocenters. The van der Waals surface area contributed by atoms with Gasteiger partial charge in [0.2, 0.25) is 5.91 Å². The van der Waals surface area contributed by atoms with Crippen LogP contribution in [0.2, 0.25) is 0 Å². The molecule has 0 aromatic heterocycles. The first-order chi connectivity index (χ1) is 10.3. The van der Waals surface area contributed by atoms with Crippen molar-refractivity contribution in [1.82, 2.24) is 10.2 Å². The summed E-state index contributed by atoms with van der Waals surface area (Å²) in [5, 5.41) is 3.55. The van der Waals surface area contributed by atoms with Gasteiger partial charge in [-0.15, -0.1) is 11.8 Å². The van der Waals surface area contributed by atoms with Crippen LogP contribution in [0.4, 0.5) is 0 Å². The number of benzene rings is 1. The molecule has 0 spiro atoms. The molecule has 1 aromatic carbocycles. The van der Waals surface area contributed by atoms with Crippen LogP contribution in [-0.4, -0.2) is 42.2 Å². The van der Waals surface area contributed by atoms with E-state index < -0.39 is 0 Å². The van der Waals surface area contributed by atoms with Crippen LogP contribution in [0.25, 0.3) is 0 Å². The molecule has 1 aromatic rings. The molecule has 1 N–H and O–H groups in total. The average molecular weight is 304 g/mol. The van der Waals surface area contributed by atoms with Crippen molar-refractivity contribution in [2.45, 2.75) is 43.0 Å². The van der Waals surface area contributed by atoms with Gasteiger partial charge in [0.15, 0.2) is 0 Å². The molecule has 2 aliphatic heterocycles. The third-order valence-corrected chi connectivity index (χ3v) is 5.73. The topological polar surface area (TPSA) is 32.3 Å². The molecule has 2 aliphatic rings. The second-order valence-electron chi connectivity index (χ2n) is 5.93. The Kier molecular flexibility index (Phi) is 4.86. The summed E-state index contributed by atoms with van der Waals surface area (Å²) in [6, 6.07) is 8.83. The summed E-state index contributed by atoms with van der Waals surface area (Å²) in [4.78, 5) is 16.2. The van der Waals surface area contributed by atoms with Crippen molar-refractivity contribution in [2.75, 3.05) is 25.4 Å². The maximum atomic E-state index is 12.9. The number of nitrogens with one attached hydrogen (secondary N) is 1. The van der Waals surface area contributed by atoms with E-state index in [1.54, 1.807) is 0 Å². The number of thioether (sulfide) groups is 1. The molecule has 1 amide bonds. The van der Waals surface area contributed by atoms with Gasteiger partial charge in [-0.25, -0.2) is 0 Å². The maximum absolute atomic E-state index is 12.9. The van der Waals surface area contributed by atoms with Crippen LogP contribution in [0.1, 0.15) is 37.7 Å². The molecule has 0 bridgehead atoms. The lowest BCUT2D eigenvalue weighted by atomic mass is 9.98. The molecule has 1 saturated heterocycles. The summed E-state index contributed by atoms with van der Waals surface area (Å²) in [6.45, 7) is 4.85. The Bertz CT molecular complexity index is 499. The van der Waals surface area contributed by atoms with E-state index in [-0.39, 0.29) is 5.92 Å². The van der Waals surface area contributed by atoms with E-state index in [0.717, 1.165) is 25.4 Å². The van der Waals surface area contributed by atoms with E-state index in [1.165, 1.54) is 29.7 Å². The Morgan fingerprint density at radius 1 is 1.38 bits per heavy atom. The zero-order valence-corrected chi connectivity index (χ0v) is 13.5. The number of carbonyl (C=O) groups is 1. The first kappa shape index (κ1) is 14.9. The highest BCUT2D eigenvalue weighted by Crippen LogP contribution is 2.40. The lowest BCUT2D eigenvalue weighted by Crippen LogP contribution is -2.47. The highest BCUT2D eigenvalue weighted by molar-refractivity contribution is 7.99. The van der Waals surface area contributed by atoms with E-state index in [4.69, 9.17) is 0 Å². The number of fused-ring (bicyclic) bond motifs is 1. The van der Waals surface area contributed by atoms with Crippen molar-refractivity contribution >= 4 is 17.7 Å². The summed E-state index contributed by atoms with van der Waals surface area (Å²) in [5.74, 6) is 1.25. The summed E-state index contributed by atoms with van der Waals surface area (Å²) >= 11 is 1.82. The van der Waals surface area contributed by atoms with Crippen molar-refractivity contribution in [1.29, 1.82) is 0 Å². The monoisotopic (exact) mass is 304 g/mol. The third kappa shape index (κ3) is 3.27. The van der Waals surface area contributed by atoms with Gasteiger partial charge in [0.25, 0.3) is 0 Å². The molecular formula is C17H24N2OS. The van der Waals surface area contributed by atoms with Gasteiger partial charge in [-0.1, -0.05) is 24.6 Å². The van der Waals surface area contributed by atoms with Gasteiger partial charge in [-0.3, -0.25) is 4.79 Å². The fourth-order valence-electron chi connectivity index (χ4n) is 3.31. The molecule has 3 nitrogen and oxygen atoms in total. The maximum Gasteiger partial charge on any atom is 0.231 e. The second-order valence-corrected chi connectivity index (χ2v) is 6.99. The normalized spacial score (nSPS) is 24.6. The first-order valence-corrected chi connectivity index (χ1v) is 9.02. The summed E-state index contributed by atoms with van der Waals surface area (Å²) in [5.41, 5.74) is 1.22. The molecule has 2 atom stereocenters. The van der Waals surface area contributed by atoms with Crippen LogP contribution in [0, 0.1) is 0 Å². The highest BCUT2D eigenvalue weighted by Gasteiger charge is 2.32. The summed E-state index contributed by atoms with van der Waals surface area (Å²) < 4.78 is 0. The van der Waals surface area contributed by atoms with Crippen LogP contribution in [0.15, 0.2) is 29.2 Å². The Hall–Kier alpha value is -1.00. The van der Waals surface area contributed by atoms with E-state index in [0.29, 0.717) is 11.9 Å². The number of hydrogen-bond donors (Lipinski definition) is 1. The van der Waals surface area contributed by atoms with Crippen LogP contribution < -0.4 is 5.32 Å². The molecule has 3 rings (SSSR count). The first-order valence-electron chi connectivity index (χ1n) is 8.03. The standard InChI is InChI=1S/C17H24N2OS/c1-2-19(11-13-7-5-6-10-18-13)17(20)15-12-21-16-9-4-3-8-14(15)16/h3-4,8-9,13,15,18H,2,5-7,10-12H2,1H3. The predicted molar refractivity (Wildman–Crippen MR) is 87.8 cm³/mol. The van der Waals surface area contributed by atoms with Gasteiger partial charge in [0.05, 0.1) is 5.92 Å². The van der Waals surface area contributed by atoms with Crippen LogP contribution >= 0.6 is 11.8 Å². The SMILES string of the molecule is CCN(CC1CCCCN1)C(=O)C1CSc2ccccc21. The lowest BCUT2D eigenvalue weighted by Gasteiger charge is -2.31. The molecule has 0 radical (unpaired) electrons. The molecule has 4 heteroatoms. The van der Waals surface area contributed by atoms with E-state index in [9.17, 15) is 4.79 Å². The van der Waals surface area contributed by atoms with Gasteiger partial charge >= 0.3 is 0 Å². The Morgan fingerprint density at radius 2 is 2.24 bits per heavy atom. The largest absolute Gasteiger partial charge is 0.341 e. The minimum atomic E-state index is 0.0507. The van der Waals surface area contributed by atoms with E-state index in [1.807, 2.05) is 17.8 Å². The molecular weight excluding hydrogens is 280 g/mol. The van der Waals surface area contributed by atoms with Crippen molar-refractivity contribution in [3.05, 3.63) is 29.8 Å². The van der Waals surface area contributed by atoms with Gasteiger partial charge in [0.1, 0.15) is 0 Å². The van der Waals surface area contributed by atoms with E-state index in [2.05, 4.69) is 35.3 Å². The Morgan fingerprint density at radius 3 is 3.00 bits per heavy atom. The van der Waals surface area contributed by atoms with Gasteiger partial charge < -0.3 is 10.2 Å². The number of carbonyl (C=O) groups excluding carboxylic acids is 1. The number of likely N-dealkylation sites (N-methyl/N-ethyl adjacent to an activating group) is 1. The zero-order chi connectivity index (χ0) is 14.7. The second kappa shape index (κ2) is 6.84. The summed E-state index contributed by atoms with van der Waals surface area (Å²) in [6.07, 6.45) is 3.74. The smallest absolute Gasteiger partial charge is 0.231 e. The van der Waals surface area contributed by atoms with Gasteiger partial charge in [0, 0.05) is 29.8 Å². The molecule has 1 fully saturated rings. The summed E-state index contributed by atoms with van der Waals surface area (Å²) in [7, 11) is 0. The van der Waals surface area contributed by atoms with Crippen LogP contribution in [0.3, 0.4) is 0 Å². The number of rotatable bonds is 4. The van der Waals surface area contributed by atoms with Crippen molar-refractivity contribution in [2.24, 2.45) is 0 Å².